The molecule has 0 aliphatic rings. The average molecular weight is 474 g/mol. The molecule has 8 heteroatoms. The number of fused-ring (bicyclic) bond motifs is 1. The number of ketones is 1. The molecule has 0 saturated heterocycles. The minimum atomic E-state index is -1.73. The van der Waals surface area contributed by atoms with Gasteiger partial charge in [0.25, 0.3) is 0 Å². The number of halogens is 1. The largest absolute Gasteiger partial charge is 0.432 e. The van der Waals surface area contributed by atoms with E-state index in [4.69, 9.17) is 21.3 Å². The molecule has 0 aliphatic carbocycles. The Hall–Kier alpha value is -3.99. The van der Waals surface area contributed by atoms with Crippen LogP contribution >= 0.6 is 11.6 Å². The van der Waals surface area contributed by atoms with E-state index < -0.39 is 17.3 Å². The maximum Gasteiger partial charge on any atom is 0.231 e. The lowest BCUT2D eigenvalue weighted by Crippen LogP contribution is -2.31. The van der Waals surface area contributed by atoms with E-state index in [1.165, 1.54) is 20.8 Å². The summed E-state index contributed by atoms with van der Waals surface area (Å²) in [6, 6.07) is 17.9. The first-order valence-corrected chi connectivity index (χ1v) is 10.8. The Morgan fingerprint density at radius 1 is 1.12 bits per heavy atom. The molecule has 170 valence electrons. The number of aliphatic hydroxyl groups is 1. The van der Waals surface area contributed by atoms with Gasteiger partial charge in [0.2, 0.25) is 17.4 Å². The van der Waals surface area contributed by atoms with Gasteiger partial charge in [-0.1, -0.05) is 41.9 Å². The number of rotatable bonds is 5. The van der Waals surface area contributed by atoms with Gasteiger partial charge in [-0.15, -0.1) is 0 Å². The number of anilines is 1. The predicted octanol–water partition coefficient (Wildman–Crippen LogP) is 5.60. The third-order valence-corrected chi connectivity index (χ3v) is 5.53. The van der Waals surface area contributed by atoms with E-state index in [0.29, 0.717) is 32.8 Å². The topological polar surface area (TPSA) is 116 Å². The van der Waals surface area contributed by atoms with Crippen LogP contribution in [0.5, 0.6) is 0 Å². The fraction of sp³-hybridized carbons (Fsp3) is 0.154. The van der Waals surface area contributed by atoms with E-state index in [2.05, 4.69) is 16.4 Å². The third-order valence-electron chi connectivity index (χ3n) is 5.20. The third kappa shape index (κ3) is 4.29. The van der Waals surface area contributed by atoms with Crippen molar-refractivity contribution in [2.24, 2.45) is 0 Å². The van der Waals surface area contributed by atoms with Crippen LogP contribution in [0.15, 0.2) is 59.0 Å². The van der Waals surface area contributed by atoms with Crippen LogP contribution in [0.3, 0.4) is 0 Å². The first-order chi connectivity index (χ1) is 16.1. The molecule has 0 spiro atoms. The van der Waals surface area contributed by atoms with Gasteiger partial charge in [-0.25, -0.2) is 4.98 Å². The molecule has 0 aliphatic heterocycles. The summed E-state index contributed by atoms with van der Waals surface area (Å²) in [7, 11) is 0. The van der Waals surface area contributed by atoms with Crippen molar-refractivity contribution in [2.45, 2.75) is 26.4 Å². The normalized spacial score (nSPS) is 11.3. The summed E-state index contributed by atoms with van der Waals surface area (Å²) < 4.78 is 5.80. The summed E-state index contributed by atoms with van der Waals surface area (Å²) in [5.41, 5.74) is 1.52. The summed E-state index contributed by atoms with van der Waals surface area (Å²) in [6.07, 6.45) is 0. The number of nitrogens with one attached hydrogen (secondary N) is 1. The summed E-state index contributed by atoms with van der Waals surface area (Å²) in [5, 5.41) is 22.9. The molecule has 4 rings (SSSR count). The first kappa shape index (κ1) is 23.2. The summed E-state index contributed by atoms with van der Waals surface area (Å²) in [4.78, 5) is 29.5. The predicted molar refractivity (Wildman–Crippen MR) is 130 cm³/mol. The van der Waals surface area contributed by atoms with Crippen LogP contribution < -0.4 is 5.32 Å². The van der Waals surface area contributed by atoms with Crippen molar-refractivity contribution in [1.82, 2.24) is 4.98 Å². The van der Waals surface area contributed by atoms with Gasteiger partial charge in [-0.2, -0.15) is 5.26 Å². The molecule has 0 saturated carbocycles. The minimum absolute atomic E-state index is 0.101. The highest BCUT2D eigenvalue weighted by atomic mass is 35.5. The highest BCUT2D eigenvalue weighted by Gasteiger charge is 2.33. The molecule has 4 aromatic rings. The lowest BCUT2D eigenvalue weighted by atomic mass is 9.96. The molecule has 1 amide bonds. The lowest BCUT2D eigenvalue weighted by Gasteiger charge is -2.14. The highest BCUT2D eigenvalue weighted by Crippen LogP contribution is 2.41. The van der Waals surface area contributed by atoms with Crippen LogP contribution in [0.25, 0.3) is 33.5 Å². The van der Waals surface area contributed by atoms with Crippen LogP contribution in [0, 0.1) is 11.3 Å². The van der Waals surface area contributed by atoms with Gasteiger partial charge in [0.15, 0.2) is 5.76 Å². The van der Waals surface area contributed by atoms with Gasteiger partial charge in [-0.05, 0) is 43.7 Å². The van der Waals surface area contributed by atoms with Gasteiger partial charge in [-0.3, -0.25) is 9.59 Å². The van der Waals surface area contributed by atoms with E-state index in [1.54, 1.807) is 42.5 Å². The summed E-state index contributed by atoms with van der Waals surface area (Å²) in [5.74, 6) is -1.32. The molecule has 0 fully saturated rings. The Morgan fingerprint density at radius 3 is 2.38 bits per heavy atom. The fourth-order valence-electron chi connectivity index (χ4n) is 3.56. The van der Waals surface area contributed by atoms with Crippen LogP contribution in [-0.4, -0.2) is 27.4 Å². The van der Waals surface area contributed by atoms with Gasteiger partial charge in [0.1, 0.15) is 11.3 Å². The fourth-order valence-corrected chi connectivity index (χ4v) is 3.79. The molecular weight excluding hydrogens is 454 g/mol. The molecule has 34 heavy (non-hydrogen) atoms. The van der Waals surface area contributed by atoms with Crippen molar-refractivity contribution in [2.75, 3.05) is 5.32 Å². The standard InChI is InChI=1S/C26H20ClN3O4/c1-14(31)29-22-19-12-18(16-10-8-15(13-28)9-11-16)21(17-6-4-5-7-20(17)27)30-25(19)34-23(22)24(32)26(2,3)33/h4-12,33H,1-3H3,(H,29,31). The smallest absolute Gasteiger partial charge is 0.231 e. The number of furan rings is 1. The second kappa shape index (κ2) is 8.75. The molecule has 0 unspecified atom stereocenters. The van der Waals surface area contributed by atoms with Crippen molar-refractivity contribution in [1.29, 1.82) is 5.26 Å². The molecule has 2 heterocycles. The lowest BCUT2D eigenvalue weighted by molar-refractivity contribution is -0.114. The molecule has 0 radical (unpaired) electrons. The van der Waals surface area contributed by atoms with Gasteiger partial charge in [0, 0.05) is 23.1 Å². The Labute approximate surface area is 200 Å². The van der Waals surface area contributed by atoms with Crippen LogP contribution in [0.4, 0.5) is 5.69 Å². The van der Waals surface area contributed by atoms with Gasteiger partial charge >= 0.3 is 0 Å². The zero-order valence-electron chi connectivity index (χ0n) is 18.6. The monoisotopic (exact) mass is 473 g/mol. The van der Waals surface area contributed by atoms with E-state index in [9.17, 15) is 14.7 Å². The maximum atomic E-state index is 12.9. The number of hydrogen-bond acceptors (Lipinski definition) is 6. The minimum Gasteiger partial charge on any atom is -0.432 e. The number of amides is 1. The second-order valence-corrected chi connectivity index (χ2v) is 8.69. The molecule has 0 bridgehead atoms. The number of hydrogen-bond donors (Lipinski definition) is 2. The van der Waals surface area contributed by atoms with Crippen molar-refractivity contribution in [3.8, 4) is 28.5 Å². The number of aromatic nitrogens is 1. The number of benzene rings is 2. The molecule has 2 aromatic carbocycles. The number of nitrogens with zero attached hydrogens (tertiary/aromatic N) is 2. The van der Waals surface area contributed by atoms with E-state index in [-0.39, 0.29) is 17.2 Å². The molecular formula is C26H20ClN3O4. The summed E-state index contributed by atoms with van der Waals surface area (Å²) >= 11 is 6.47. The quantitative estimate of drug-likeness (QED) is 0.364. The maximum absolute atomic E-state index is 12.9. The Balaban J connectivity index is 2.07. The van der Waals surface area contributed by atoms with Crippen LogP contribution in [0.1, 0.15) is 36.9 Å². The van der Waals surface area contributed by atoms with E-state index in [1.807, 2.05) is 12.1 Å². The Morgan fingerprint density at radius 2 is 1.79 bits per heavy atom. The number of nitriles is 1. The van der Waals surface area contributed by atoms with E-state index >= 15 is 0 Å². The number of pyridine rings is 1. The average Bonchev–Trinajstić information content (AvgIpc) is 3.14. The molecule has 0 atom stereocenters. The van der Waals surface area contributed by atoms with Crippen LogP contribution in [-0.2, 0) is 4.79 Å². The van der Waals surface area contributed by atoms with Crippen molar-refractivity contribution in [3.05, 3.63) is 70.9 Å². The van der Waals surface area contributed by atoms with Crippen molar-refractivity contribution < 1.29 is 19.1 Å². The zero-order valence-corrected chi connectivity index (χ0v) is 19.4. The van der Waals surface area contributed by atoms with Crippen LogP contribution in [0.2, 0.25) is 5.02 Å². The first-order valence-electron chi connectivity index (χ1n) is 10.4. The number of carbonyl (C=O) groups is 2. The van der Waals surface area contributed by atoms with Gasteiger partial charge < -0.3 is 14.8 Å². The second-order valence-electron chi connectivity index (χ2n) is 8.28. The molecule has 7 nitrogen and oxygen atoms in total. The molecule has 2 N–H and O–H groups in total. The van der Waals surface area contributed by atoms with Crippen molar-refractivity contribution >= 4 is 40.1 Å². The Kier molecular flexibility index (Phi) is 5.96. The summed E-state index contributed by atoms with van der Waals surface area (Å²) in [6.45, 7) is 3.99. The number of carbonyl (C=O) groups excluding carboxylic acids is 2. The van der Waals surface area contributed by atoms with Crippen molar-refractivity contribution in [3.63, 3.8) is 0 Å². The Bertz CT molecular complexity index is 1480. The molecule has 2 aromatic heterocycles. The SMILES string of the molecule is CC(=O)Nc1c(C(=O)C(C)(C)O)oc2nc(-c3ccccc3Cl)c(-c3ccc(C#N)cc3)cc12. The highest BCUT2D eigenvalue weighted by molar-refractivity contribution is 6.33. The number of Topliss-reactive ketones (excluding diaryl/α,β-unsaturated/α-hetero) is 1. The zero-order chi connectivity index (χ0) is 24.6. The van der Waals surface area contributed by atoms with E-state index in [0.717, 1.165) is 5.56 Å². The van der Waals surface area contributed by atoms with Gasteiger partial charge in [0.05, 0.1) is 22.7 Å².